The van der Waals surface area contributed by atoms with Gasteiger partial charge in [-0.3, -0.25) is 4.98 Å². The van der Waals surface area contributed by atoms with Crippen molar-refractivity contribution in [1.82, 2.24) is 4.98 Å². The Bertz CT molecular complexity index is 272. The summed E-state index contributed by atoms with van der Waals surface area (Å²) in [6.45, 7) is 5.48. The summed E-state index contributed by atoms with van der Waals surface area (Å²) < 4.78 is 0. The average Bonchev–Trinajstić information content (AvgIpc) is 2.25. The predicted octanol–water partition coefficient (Wildman–Crippen LogP) is 3.54. The number of halogens is 1. The standard InChI is InChI=1S/C12H19ClN2/c1-12(2,6-3-7-13)10-15-11-4-8-14-9-5-11/h4-5,8-9H,3,6-7,10H2,1-2H3,(H,14,15). The van der Waals surface area contributed by atoms with Crippen LogP contribution in [0.15, 0.2) is 24.5 Å². The molecule has 0 aliphatic rings. The van der Waals surface area contributed by atoms with Gasteiger partial charge >= 0.3 is 0 Å². The number of alkyl halides is 1. The molecular weight excluding hydrogens is 208 g/mol. The smallest absolute Gasteiger partial charge is 0.0371 e. The number of pyridine rings is 1. The van der Waals surface area contributed by atoms with Crippen LogP contribution in [0.1, 0.15) is 26.7 Å². The first-order chi connectivity index (χ1) is 7.14. The molecule has 0 atom stereocenters. The highest BCUT2D eigenvalue weighted by Gasteiger charge is 2.16. The largest absolute Gasteiger partial charge is 0.384 e. The van der Waals surface area contributed by atoms with Gasteiger partial charge in [-0.2, -0.15) is 0 Å². The lowest BCUT2D eigenvalue weighted by atomic mass is 9.88. The molecule has 0 saturated heterocycles. The Morgan fingerprint density at radius 3 is 2.60 bits per heavy atom. The van der Waals surface area contributed by atoms with Crippen molar-refractivity contribution in [2.24, 2.45) is 5.41 Å². The van der Waals surface area contributed by atoms with E-state index in [0.29, 0.717) is 0 Å². The second-order valence-corrected chi connectivity index (χ2v) is 4.92. The number of rotatable bonds is 6. The van der Waals surface area contributed by atoms with Crippen molar-refractivity contribution >= 4 is 17.3 Å². The minimum atomic E-state index is 0.290. The van der Waals surface area contributed by atoms with E-state index in [1.54, 1.807) is 12.4 Å². The molecule has 0 fully saturated rings. The number of aromatic nitrogens is 1. The number of nitrogens with one attached hydrogen (secondary N) is 1. The highest BCUT2D eigenvalue weighted by molar-refractivity contribution is 6.17. The Morgan fingerprint density at radius 1 is 1.33 bits per heavy atom. The van der Waals surface area contributed by atoms with Crippen LogP contribution in [0.25, 0.3) is 0 Å². The third-order valence-corrected chi connectivity index (χ3v) is 2.71. The van der Waals surface area contributed by atoms with Gasteiger partial charge < -0.3 is 5.32 Å². The normalized spacial score (nSPS) is 11.4. The first-order valence-electron chi connectivity index (χ1n) is 5.34. The highest BCUT2D eigenvalue weighted by atomic mass is 35.5. The molecule has 0 aromatic carbocycles. The second kappa shape index (κ2) is 5.96. The van der Waals surface area contributed by atoms with E-state index >= 15 is 0 Å². The quantitative estimate of drug-likeness (QED) is 0.751. The Balaban J connectivity index is 2.35. The molecule has 0 spiro atoms. The molecule has 0 radical (unpaired) electrons. The Labute approximate surface area is 97.1 Å². The van der Waals surface area contributed by atoms with E-state index in [4.69, 9.17) is 11.6 Å². The first-order valence-corrected chi connectivity index (χ1v) is 5.87. The summed E-state index contributed by atoms with van der Waals surface area (Å²) in [5.74, 6) is 0.749. The zero-order valence-corrected chi connectivity index (χ0v) is 10.2. The fourth-order valence-corrected chi connectivity index (χ4v) is 1.58. The van der Waals surface area contributed by atoms with Crippen LogP contribution in [-0.4, -0.2) is 17.4 Å². The first kappa shape index (κ1) is 12.3. The zero-order valence-electron chi connectivity index (χ0n) is 9.46. The molecule has 15 heavy (non-hydrogen) atoms. The van der Waals surface area contributed by atoms with Gasteiger partial charge in [-0.25, -0.2) is 0 Å². The van der Waals surface area contributed by atoms with E-state index in [9.17, 15) is 0 Å². The van der Waals surface area contributed by atoms with Gasteiger partial charge in [0, 0.05) is 30.5 Å². The van der Waals surface area contributed by atoms with E-state index in [-0.39, 0.29) is 5.41 Å². The number of hydrogen-bond donors (Lipinski definition) is 1. The van der Waals surface area contributed by atoms with Gasteiger partial charge in [0.2, 0.25) is 0 Å². The van der Waals surface area contributed by atoms with Crippen molar-refractivity contribution in [1.29, 1.82) is 0 Å². The molecular formula is C12H19ClN2. The maximum absolute atomic E-state index is 5.70. The molecule has 0 saturated carbocycles. The third kappa shape index (κ3) is 5.03. The fraction of sp³-hybridized carbons (Fsp3) is 0.583. The van der Waals surface area contributed by atoms with Crippen molar-refractivity contribution in [3.8, 4) is 0 Å². The molecule has 84 valence electrons. The van der Waals surface area contributed by atoms with Crippen LogP contribution in [0.2, 0.25) is 0 Å². The van der Waals surface area contributed by atoms with Crippen LogP contribution in [0.3, 0.4) is 0 Å². The van der Waals surface area contributed by atoms with E-state index in [1.165, 1.54) is 0 Å². The van der Waals surface area contributed by atoms with E-state index in [0.717, 1.165) is 31.0 Å². The summed E-state index contributed by atoms with van der Waals surface area (Å²) in [4.78, 5) is 3.98. The van der Waals surface area contributed by atoms with Crippen molar-refractivity contribution in [2.75, 3.05) is 17.7 Å². The number of hydrogen-bond acceptors (Lipinski definition) is 2. The predicted molar refractivity (Wildman–Crippen MR) is 66.5 cm³/mol. The zero-order chi connectivity index (χ0) is 11.1. The summed E-state index contributed by atoms with van der Waals surface area (Å²) >= 11 is 5.70. The number of nitrogens with zero attached hydrogens (tertiary/aromatic N) is 1. The topological polar surface area (TPSA) is 24.9 Å². The van der Waals surface area contributed by atoms with Gasteiger partial charge in [0.05, 0.1) is 0 Å². The van der Waals surface area contributed by atoms with Crippen LogP contribution in [0.4, 0.5) is 5.69 Å². The molecule has 0 amide bonds. The average molecular weight is 227 g/mol. The fourth-order valence-electron chi connectivity index (χ4n) is 1.44. The van der Waals surface area contributed by atoms with Crippen LogP contribution < -0.4 is 5.32 Å². The maximum atomic E-state index is 5.70. The van der Waals surface area contributed by atoms with Crippen LogP contribution in [-0.2, 0) is 0 Å². The molecule has 2 nitrogen and oxygen atoms in total. The van der Waals surface area contributed by atoms with Gasteiger partial charge in [-0.1, -0.05) is 13.8 Å². The van der Waals surface area contributed by atoms with E-state index in [2.05, 4.69) is 24.1 Å². The molecule has 1 aromatic heterocycles. The van der Waals surface area contributed by atoms with E-state index < -0.39 is 0 Å². The second-order valence-electron chi connectivity index (χ2n) is 4.55. The van der Waals surface area contributed by atoms with Crippen LogP contribution in [0, 0.1) is 5.41 Å². The lowest BCUT2D eigenvalue weighted by Crippen LogP contribution is -2.23. The molecule has 1 heterocycles. The highest BCUT2D eigenvalue weighted by Crippen LogP contribution is 2.23. The summed E-state index contributed by atoms with van der Waals surface area (Å²) in [5.41, 5.74) is 1.42. The summed E-state index contributed by atoms with van der Waals surface area (Å²) in [6, 6.07) is 3.97. The molecule has 0 unspecified atom stereocenters. The lowest BCUT2D eigenvalue weighted by molar-refractivity contribution is 0.355. The molecule has 3 heteroatoms. The van der Waals surface area contributed by atoms with Gasteiger partial charge in [0.15, 0.2) is 0 Å². The summed E-state index contributed by atoms with van der Waals surface area (Å²) in [6.07, 6.45) is 5.82. The van der Waals surface area contributed by atoms with Crippen LogP contribution in [0.5, 0.6) is 0 Å². The third-order valence-electron chi connectivity index (χ3n) is 2.44. The molecule has 0 aliphatic carbocycles. The van der Waals surface area contributed by atoms with Crippen LogP contribution >= 0.6 is 11.6 Å². The Hall–Kier alpha value is -0.760. The minimum absolute atomic E-state index is 0.290. The van der Waals surface area contributed by atoms with Crippen molar-refractivity contribution in [3.05, 3.63) is 24.5 Å². The monoisotopic (exact) mass is 226 g/mol. The van der Waals surface area contributed by atoms with Crippen molar-refractivity contribution in [2.45, 2.75) is 26.7 Å². The summed E-state index contributed by atoms with van der Waals surface area (Å²) in [5, 5.41) is 3.41. The minimum Gasteiger partial charge on any atom is -0.384 e. The Morgan fingerprint density at radius 2 is 2.00 bits per heavy atom. The van der Waals surface area contributed by atoms with E-state index in [1.807, 2.05) is 12.1 Å². The van der Waals surface area contributed by atoms with Crippen molar-refractivity contribution < 1.29 is 0 Å². The van der Waals surface area contributed by atoms with Gasteiger partial charge in [-0.15, -0.1) is 11.6 Å². The molecule has 1 aromatic rings. The lowest BCUT2D eigenvalue weighted by Gasteiger charge is -2.25. The maximum Gasteiger partial charge on any atom is 0.0371 e. The molecule has 0 bridgehead atoms. The molecule has 0 aliphatic heterocycles. The molecule has 1 rings (SSSR count). The van der Waals surface area contributed by atoms with Gasteiger partial charge in [0.1, 0.15) is 0 Å². The van der Waals surface area contributed by atoms with Gasteiger partial charge in [0.25, 0.3) is 0 Å². The Kier molecular flexibility index (Phi) is 4.89. The summed E-state index contributed by atoms with van der Waals surface area (Å²) in [7, 11) is 0. The van der Waals surface area contributed by atoms with Crippen molar-refractivity contribution in [3.63, 3.8) is 0 Å². The number of anilines is 1. The SMILES string of the molecule is CC(C)(CCCCl)CNc1ccncc1. The van der Waals surface area contributed by atoms with Gasteiger partial charge in [-0.05, 0) is 30.4 Å². The molecule has 1 N–H and O–H groups in total.